The average molecular weight is 198 g/mol. The van der Waals surface area contributed by atoms with Crippen LogP contribution in [0.2, 0.25) is 0 Å². The Bertz CT molecular complexity index is 554. The lowest BCUT2D eigenvalue weighted by molar-refractivity contribution is 0.613. The van der Waals surface area contributed by atoms with Gasteiger partial charge in [0, 0.05) is 11.6 Å². The predicted octanol–water partition coefficient (Wildman–Crippen LogP) is 2.76. The fourth-order valence-corrected chi connectivity index (χ4v) is 1.78. The van der Waals surface area contributed by atoms with Gasteiger partial charge in [0.05, 0.1) is 6.26 Å². The smallest absolute Gasteiger partial charge is 0.134 e. The molecule has 0 amide bonds. The van der Waals surface area contributed by atoms with Gasteiger partial charge in [0.25, 0.3) is 0 Å². The van der Waals surface area contributed by atoms with E-state index in [1.54, 1.807) is 12.6 Å². The Hall–Kier alpha value is -1.90. The number of hydrogen-bond acceptors (Lipinski definition) is 3. The first-order valence-electron chi connectivity index (χ1n) is 4.84. The maximum Gasteiger partial charge on any atom is 0.134 e. The van der Waals surface area contributed by atoms with Crippen molar-refractivity contribution in [1.82, 2.24) is 0 Å². The Morgan fingerprint density at radius 1 is 1.27 bits per heavy atom. The number of hydrogen-bond donors (Lipinski definition) is 0. The van der Waals surface area contributed by atoms with Crippen LogP contribution in [-0.2, 0) is 5.54 Å². The number of nitrogens with zero attached hydrogens (tertiary/aromatic N) is 2. The molecule has 1 aromatic carbocycles. The van der Waals surface area contributed by atoms with Gasteiger partial charge in [-0.2, -0.15) is 0 Å². The largest absolute Gasteiger partial charge is 0.464 e. The van der Waals surface area contributed by atoms with Crippen molar-refractivity contribution in [3.05, 3.63) is 36.1 Å². The van der Waals surface area contributed by atoms with Crippen LogP contribution in [0, 0.1) is 0 Å². The zero-order chi connectivity index (χ0) is 10.3. The van der Waals surface area contributed by atoms with Gasteiger partial charge in [-0.3, -0.25) is 4.99 Å². The van der Waals surface area contributed by atoms with Crippen molar-refractivity contribution in [1.29, 1.82) is 0 Å². The van der Waals surface area contributed by atoms with E-state index in [4.69, 9.17) is 4.42 Å². The van der Waals surface area contributed by atoms with Crippen LogP contribution in [0.3, 0.4) is 0 Å². The fraction of sp³-hybridized carbons (Fsp3) is 0.167. The Morgan fingerprint density at radius 3 is 3.00 bits per heavy atom. The van der Waals surface area contributed by atoms with Gasteiger partial charge in [-0.15, -0.1) is 0 Å². The Morgan fingerprint density at radius 2 is 2.20 bits per heavy atom. The second-order valence-corrected chi connectivity index (χ2v) is 3.84. The zero-order valence-corrected chi connectivity index (χ0v) is 8.34. The van der Waals surface area contributed by atoms with Gasteiger partial charge in [-0.1, -0.05) is 12.1 Å². The van der Waals surface area contributed by atoms with E-state index in [1.165, 1.54) is 0 Å². The topological polar surface area (TPSA) is 37.9 Å². The molecule has 0 fully saturated rings. The minimum Gasteiger partial charge on any atom is -0.464 e. The number of benzene rings is 1. The van der Waals surface area contributed by atoms with Gasteiger partial charge in [-0.25, -0.2) is 4.99 Å². The molecule has 3 rings (SSSR count). The lowest BCUT2D eigenvalue weighted by atomic mass is 9.94. The van der Waals surface area contributed by atoms with E-state index in [9.17, 15) is 0 Å². The number of rotatable bonds is 1. The van der Waals surface area contributed by atoms with Crippen LogP contribution in [0.5, 0.6) is 0 Å². The van der Waals surface area contributed by atoms with Gasteiger partial charge in [0.2, 0.25) is 0 Å². The maximum atomic E-state index is 5.37. The molecule has 1 aromatic heterocycles. The molecular weight excluding hydrogens is 188 g/mol. The summed E-state index contributed by atoms with van der Waals surface area (Å²) < 4.78 is 5.37. The zero-order valence-electron chi connectivity index (χ0n) is 8.34. The van der Waals surface area contributed by atoms with Crippen molar-refractivity contribution < 1.29 is 4.42 Å². The van der Waals surface area contributed by atoms with E-state index < -0.39 is 0 Å². The van der Waals surface area contributed by atoms with E-state index >= 15 is 0 Å². The number of aliphatic imine (C=N–C) groups is 2. The molecule has 1 aliphatic rings. The summed E-state index contributed by atoms with van der Waals surface area (Å²) in [5.74, 6) is 0. The predicted molar refractivity (Wildman–Crippen MR) is 60.6 cm³/mol. The molecule has 74 valence electrons. The van der Waals surface area contributed by atoms with Crippen molar-refractivity contribution in [3.8, 4) is 0 Å². The third-order valence-corrected chi connectivity index (χ3v) is 2.76. The van der Waals surface area contributed by atoms with Crippen molar-refractivity contribution in [2.45, 2.75) is 12.5 Å². The van der Waals surface area contributed by atoms with E-state index in [0.717, 1.165) is 16.5 Å². The Labute approximate surface area is 87.2 Å². The van der Waals surface area contributed by atoms with Crippen molar-refractivity contribution in [2.24, 2.45) is 9.98 Å². The Kier molecular flexibility index (Phi) is 1.57. The monoisotopic (exact) mass is 198 g/mol. The van der Waals surface area contributed by atoms with Crippen LogP contribution in [0.4, 0.5) is 0 Å². The third-order valence-electron chi connectivity index (χ3n) is 2.76. The summed E-state index contributed by atoms with van der Waals surface area (Å²) in [5, 5.41) is 1.11. The van der Waals surface area contributed by atoms with E-state index in [1.807, 2.05) is 31.3 Å². The lowest BCUT2D eigenvalue weighted by Gasteiger charge is -2.16. The standard InChI is InChI=1S/C12H10N2O/c1-12(7-13-8-14-12)10-3-2-9-4-5-15-11(9)6-10/h2-8H,1H3. The first-order valence-corrected chi connectivity index (χ1v) is 4.84. The summed E-state index contributed by atoms with van der Waals surface area (Å²) in [4.78, 5) is 8.37. The highest BCUT2D eigenvalue weighted by molar-refractivity contribution is 5.88. The molecule has 1 atom stereocenters. The van der Waals surface area contributed by atoms with Gasteiger partial charge in [0.15, 0.2) is 0 Å². The summed E-state index contributed by atoms with van der Waals surface area (Å²) in [6.07, 6.45) is 5.13. The highest BCUT2D eigenvalue weighted by atomic mass is 16.3. The molecule has 2 aromatic rings. The summed E-state index contributed by atoms with van der Waals surface area (Å²) in [7, 11) is 0. The molecule has 3 heteroatoms. The molecule has 0 saturated heterocycles. The minimum absolute atomic E-state index is 0.332. The summed E-state index contributed by atoms with van der Waals surface area (Å²) in [5.41, 5.74) is 1.66. The molecule has 0 aliphatic carbocycles. The van der Waals surface area contributed by atoms with E-state index in [0.29, 0.717) is 0 Å². The molecule has 0 bridgehead atoms. The summed E-state index contributed by atoms with van der Waals surface area (Å²) in [6, 6.07) is 8.07. The molecule has 15 heavy (non-hydrogen) atoms. The van der Waals surface area contributed by atoms with Crippen LogP contribution in [0.1, 0.15) is 12.5 Å². The van der Waals surface area contributed by atoms with Crippen LogP contribution >= 0.6 is 0 Å². The number of furan rings is 1. The van der Waals surface area contributed by atoms with Crippen LogP contribution < -0.4 is 0 Å². The Balaban J connectivity index is 2.19. The summed E-state index contributed by atoms with van der Waals surface area (Å²) >= 11 is 0. The maximum absolute atomic E-state index is 5.37. The van der Waals surface area contributed by atoms with Gasteiger partial charge >= 0.3 is 0 Å². The van der Waals surface area contributed by atoms with Gasteiger partial charge in [-0.05, 0) is 24.6 Å². The molecule has 0 radical (unpaired) electrons. The first kappa shape index (κ1) is 8.41. The molecule has 1 aliphatic heterocycles. The van der Waals surface area contributed by atoms with Crippen LogP contribution in [-0.4, -0.2) is 12.6 Å². The summed E-state index contributed by atoms with van der Waals surface area (Å²) in [6.45, 7) is 2.03. The SMILES string of the molecule is CC1(c2ccc3ccoc3c2)C=NC=N1. The highest BCUT2D eigenvalue weighted by Crippen LogP contribution is 2.28. The molecule has 0 spiro atoms. The lowest BCUT2D eigenvalue weighted by Crippen LogP contribution is -2.17. The molecule has 0 saturated carbocycles. The molecular formula is C12H10N2O. The minimum atomic E-state index is -0.332. The van der Waals surface area contributed by atoms with E-state index in [-0.39, 0.29) is 5.54 Å². The highest BCUT2D eigenvalue weighted by Gasteiger charge is 2.25. The van der Waals surface area contributed by atoms with Gasteiger partial charge in [0.1, 0.15) is 17.5 Å². The number of fused-ring (bicyclic) bond motifs is 1. The van der Waals surface area contributed by atoms with Crippen molar-refractivity contribution in [3.63, 3.8) is 0 Å². The second kappa shape index (κ2) is 2.79. The average Bonchev–Trinajstić information content (AvgIpc) is 2.85. The van der Waals surface area contributed by atoms with E-state index in [2.05, 4.69) is 16.1 Å². The molecule has 1 unspecified atom stereocenters. The molecule has 2 heterocycles. The molecule has 0 N–H and O–H groups in total. The normalized spacial score (nSPS) is 24.1. The first-order chi connectivity index (χ1) is 7.28. The van der Waals surface area contributed by atoms with Crippen LogP contribution in [0.15, 0.2) is 44.9 Å². The fourth-order valence-electron chi connectivity index (χ4n) is 1.78. The van der Waals surface area contributed by atoms with Crippen LogP contribution in [0.25, 0.3) is 11.0 Å². The third kappa shape index (κ3) is 1.20. The quantitative estimate of drug-likeness (QED) is 0.694. The van der Waals surface area contributed by atoms with Crippen molar-refractivity contribution >= 4 is 23.5 Å². The van der Waals surface area contributed by atoms with Crippen molar-refractivity contribution in [2.75, 3.05) is 0 Å². The second-order valence-electron chi connectivity index (χ2n) is 3.84. The van der Waals surface area contributed by atoms with Gasteiger partial charge < -0.3 is 4.42 Å². The molecule has 3 nitrogen and oxygen atoms in total.